The quantitative estimate of drug-likeness (QED) is 0.767. The third kappa shape index (κ3) is 3.16. The number of methoxy groups -OCH3 is 1. The van der Waals surface area contributed by atoms with E-state index in [0.717, 1.165) is 31.5 Å². The lowest BCUT2D eigenvalue weighted by Gasteiger charge is -2.46. The lowest BCUT2D eigenvalue weighted by Crippen LogP contribution is -2.58. The molecular formula is C12H26N2O. The highest BCUT2D eigenvalue weighted by atomic mass is 16.5. The second kappa shape index (κ2) is 5.28. The first-order chi connectivity index (χ1) is 7.01. The molecule has 0 aromatic heterocycles. The minimum Gasteiger partial charge on any atom is -0.383 e. The average Bonchev–Trinajstić information content (AvgIpc) is 2.16. The molecule has 1 saturated heterocycles. The van der Waals surface area contributed by atoms with Crippen molar-refractivity contribution in [2.45, 2.75) is 32.7 Å². The van der Waals surface area contributed by atoms with Gasteiger partial charge in [0.15, 0.2) is 0 Å². The topological polar surface area (TPSA) is 38.5 Å². The van der Waals surface area contributed by atoms with Gasteiger partial charge < -0.3 is 10.5 Å². The first kappa shape index (κ1) is 12.9. The molecule has 1 heterocycles. The van der Waals surface area contributed by atoms with Crippen molar-refractivity contribution in [2.75, 3.05) is 33.4 Å². The Morgan fingerprint density at radius 2 is 1.87 bits per heavy atom. The molecule has 3 heteroatoms. The van der Waals surface area contributed by atoms with Crippen molar-refractivity contribution in [2.24, 2.45) is 17.6 Å². The van der Waals surface area contributed by atoms with Gasteiger partial charge in [0.1, 0.15) is 0 Å². The smallest absolute Gasteiger partial charge is 0.0656 e. The van der Waals surface area contributed by atoms with E-state index in [1.165, 1.54) is 6.42 Å². The largest absolute Gasteiger partial charge is 0.383 e. The fourth-order valence-electron chi connectivity index (χ4n) is 2.69. The highest BCUT2D eigenvalue weighted by Crippen LogP contribution is 2.27. The Balaban J connectivity index is 2.66. The monoisotopic (exact) mass is 214 g/mol. The summed E-state index contributed by atoms with van der Waals surface area (Å²) in [6.45, 7) is 10.6. The molecule has 2 N–H and O–H groups in total. The van der Waals surface area contributed by atoms with Gasteiger partial charge in [-0.25, -0.2) is 0 Å². The van der Waals surface area contributed by atoms with Gasteiger partial charge in [-0.05, 0) is 25.2 Å². The van der Waals surface area contributed by atoms with E-state index in [0.29, 0.717) is 6.54 Å². The summed E-state index contributed by atoms with van der Waals surface area (Å²) < 4.78 is 5.30. The van der Waals surface area contributed by atoms with Gasteiger partial charge in [-0.15, -0.1) is 0 Å². The summed E-state index contributed by atoms with van der Waals surface area (Å²) in [5, 5.41) is 0. The van der Waals surface area contributed by atoms with Crippen molar-refractivity contribution in [1.29, 1.82) is 0 Å². The highest BCUT2D eigenvalue weighted by molar-refractivity contribution is 4.91. The van der Waals surface area contributed by atoms with Crippen LogP contribution in [0.5, 0.6) is 0 Å². The lowest BCUT2D eigenvalue weighted by atomic mass is 9.87. The maximum atomic E-state index is 5.89. The molecule has 0 aromatic rings. The number of ether oxygens (including phenoxy) is 1. The molecule has 0 saturated carbocycles. The number of rotatable bonds is 4. The minimum atomic E-state index is 0.0116. The number of hydrogen-bond acceptors (Lipinski definition) is 3. The maximum Gasteiger partial charge on any atom is 0.0656 e. The van der Waals surface area contributed by atoms with Crippen LogP contribution >= 0.6 is 0 Å². The van der Waals surface area contributed by atoms with E-state index >= 15 is 0 Å². The van der Waals surface area contributed by atoms with Crippen molar-refractivity contribution in [3.63, 3.8) is 0 Å². The van der Waals surface area contributed by atoms with Crippen LogP contribution in [0.3, 0.4) is 0 Å². The Morgan fingerprint density at radius 3 is 2.27 bits per heavy atom. The number of hydrogen-bond donors (Lipinski definition) is 1. The van der Waals surface area contributed by atoms with Gasteiger partial charge in [-0.3, -0.25) is 4.90 Å². The molecule has 0 aliphatic carbocycles. The summed E-state index contributed by atoms with van der Waals surface area (Å²) in [5.41, 5.74) is 5.90. The van der Waals surface area contributed by atoms with Crippen molar-refractivity contribution in [1.82, 2.24) is 4.90 Å². The van der Waals surface area contributed by atoms with Crippen LogP contribution in [0, 0.1) is 11.8 Å². The molecular weight excluding hydrogens is 188 g/mol. The predicted molar refractivity (Wildman–Crippen MR) is 63.9 cm³/mol. The Morgan fingerprint density at radius 1 is 1.33 bits per heavy atom. The summed E-state index contributed by atoms with van der Waals surface area (Å²) in [7, 11) is 1.75. The predicted octanol–water partition coefficient (Wildman–Crippen LogP) is 1.33. The second-order valence-corrected chi connectivity index (χ2v) is 5.49. The molecule has 0 spiro atoms. The van der Waals surface area contributed by atoms with Crippen molar-refractivity contribution < 1.29 is 4.74 Å². The number of nitrogens with two attached hydrogens (primary N) is 1. The second-order valence-electron chi connectivity index (χ2n) is 5.49. The molecule has 3 nitrogen and oxygen atoms in total. The van der Waals surface area contributed by atoms with Gasteiger partial charge in [0, 0.05) is 26.7 Å². The summed E-state index contributed by atoms with van der Waals surface area (Å²) in [6, 6.07) is 0. The van der Waals surface area contributed by atoms with Gasteiger partial charge in [0.2, 0.25) is 0 Å². The van der Waals surface area contributed by atoms with Crippen LogP contribution in [-0.2, 0) is 4.74 Å². The van der Waals surface area contributed by atoms with Crippen LogP contribution in [0.1, 0.15) is 27.2 Å². The molecule has 0 bridgehead atoms. The molecule has 1 fully saturated rings. The van der Waals surface area contributed by atoms with Crippen LogP contribution < -0.4 is 5.73 Å². The summed E-state index contributed by atoms with van der Waals surface area (Å²) >= 11 is 0. The zero-order valence-corrected chi connectivity index (χ0v) is 10.6. The van der Waals surface area contributed by atoms with Gasteiger partial charge in [-0.1, -0.05) is 13.8 Å². The lowest BCUT2D eigenvalue weighted by molar-refractivity contribution is -0.0100. The number of likely N-dealkylation sites (tertiary alicyclic amines) is 1. The molecule has 1 aliphatic rings. The molecule has 15 heavy (non-hydrogen) atoms. The van der Waals surface area contributed by atoms with E-state index < -0.39 is 0 Å². The van der Waals surface area contributed by atoms with E-state index in [4.69, 9.17) is 10.5 Å². The molecule has 3 unspecified atom stereocenters. The SMILES string of the molecule is COCC(C)(CN)N1CC(C)CC(C)C1. The Bertz CT molecular complexity index is 188. The van der Waals surface area contributed by atoms with E-state index in [2.05, 4.69) is 25.7 Å². The van der Waals surface area contributed by atoms with Gasteiger partial charge >= 0.3 is 0 Å². The molecule has 1 rings (SSSR count). The Kier molecular flexibility index (Phi) is 4.56. The van der Waals surface area contributed by atoms with Gasteiger partial charge in [-0.2, -0.15) is 0 Å². The van der Waals surface area contributed by atoms with Crippen molar-refractivity contribution >= 4 is 0 Å². The van der Waals surface area contributed by atoms with Crippen molar-refractivity contribution in [3.8, 4) is 0 Å². The van der Waals surface area contributed by atoms with Gasteiger partial charge in [0.05, 0.1) is 12.1 Å². The minimum absolute atomic E-state index is 0.0116. The number of nitrogens with zero attached hydrogens (tertiary/aromatic N) is 1. The first-order valence-corrected chi connectivity index (χ1v) is 5.96. The standard InChI is InChI=1S/C12H26N2O/c1-10-5-11(2)7-14(6-10)12(3,8-13)9-15-4/h10-11H,5-9,13H2,1-4H3. The molecule has 90 valence electrons. The molecule has 1 aliphatic heterocycles. The van der Waals surface area contributed by atoms with E-state index in [1.54, 1.807) is 7.11 Å². The summed E-state index contributed by atoms with van der Waals surface area (Å²) in [6.07, 6.45) is 1.34. The van der Waals surface area contributed by atoms with Crippen LogP contribution in [0.4, 0.5) is 0 Å². The maximum absolute atomic E-state index is 5.89. The third-order valence-electron chi connectivity index (χ3n) is 3.53. The van der Waals surface area contributed by atoms with E-state index in [1.807, 2.05) is 0 Å². The number of piperidine rings is 1. The van der Waals surface area contributed by atoms with Crippen LogP contribution in [-0.4, -0.2) is 43.8 Å². The normalized spacial score (nSPS) is 32.6. The molecule has 0 amide bonds. The van der Waals surface area contributed by atoms with Crippen LogP contribution in [0.15, 0.2) is 0 Å². The third-order valence-corrected chi connectivity index (χ3v) is 3.53. The fraction of sp³-hybridized carbons (Fsp3) is 1.00. The van der Waals surface area contributed by atoms with E-state index in [-0.39, 0.29) is 5.54 Å². The van der Waals surface area contributed by atoms with Crippen molar-refractivity contribution in [3.05, 3.63) is 0 Å². The Hall–Kier alpha value is -0.120. The highest BCUT2D eigenvalue weighted by Gasteiger charge is 2.35. The fourth-order valence-corrected chi connectivity index (χ4v) is 2.69. The molecule has 0 radical (unpaired) electrons. The molecule has 0 aromatic carbocycles. The average molecular weight is 214 g/mol. The zero-order chi connectivity index (χ0) is 11.5. The van der Waals surface area contributed by atoms with Gasteiger partial charge in [0.25, 0.3) is 0 Å². The Labute approximate surface area is 94.0 Å². The summed E-state index contributed by atoms with van der Waals surface area (Å²) in [4.78, 5) is 2.51. The summed E-state index contributed by atoms with van der Waals surface area (Å²) in [5.74, 6) is 1.55. The molecule has 3 atom stereocenters. The van der Waals surface area contributed by atoms with E-state index in [9.17, 15) is 0 Å². The van der Waals surface area contributed by atoms with Crippen LogP contribution in [0.25, 0.3) is 0 Å². The first-order valence-electron chi connectivity index (χ1n) is 5.96. The van der Waals surface area contributed by atoms with Crippen LogP contribution in [0.2, 0.25) is 0 Å². The zero-order valence-electron chi connectivity index (χ0n) is 10.6.